The van der Waals surface area contributed by atoms with Crippen molar-refractivity contribution in [2.24, 2.45) is 5.73 Å². The Morgan fingerprint density at radius 1 is 0.783 bits per heavy atom. The molecule has 0 fully saturated rings. The van der Waals surface area contributed by atoms with Gasteiger partial charge >= 0.3 is 0 Å². The summed E-state index contributed by atoms with van der Waals surface area (Å²) >= 11 is 0. The first kappa shape index (κ1) is 22.2. The maximum absolute atomic E-state index is 10.5. The molecule has 23 heavy (non-hydrogen) atoms. The Kier molecular flexibility index (Phi) is 18.5. The van der Waals surface area contributed by atoms with Crippen molar-refractivity contribution in [3.05, 3.63) is 12.2 Å². The molecular weight excluding hydrogens is 284 g/mol. The van der Waals surface area contributed by atoms with Crippen LogP contribution in [0.3, 0.4) is 0 Å². The molecule has 3 nitrogen and oxygen atoms in total. The van der Waals surface area contributed by atoms with Crippen LogP contribution in [0.2, 0.25) is 0 Å². The van der Waals surface area contributed by atoms with Crippen molar-refractivity contribution in [1.29, 1.82) is 0 Å². The molecule has 0 radical (unpaired) electrons. The van der Waals surface area contributed by atoms with E-state index in [0.717, 1.165) is 13.0 Å². The number of primary amides is 1. The molecule has 0 spiro atoms. The third kappa shape index (κ3) is 21.2. The van der Waals surface area contributed by atoms with E-state index in [4.69, 9.17) is 5.73 Å². The van der Waals surface area contributed by atoms with Crippen LogP contribution in [0, 0.1) is 0 Å². The van der Waals surface area contributed by atoms with Gasteiger partial charge in [-0.3, -0.25) is 4.79 Å². The molecule has 3 N–H and O–H groups in total. The molecule has 0 aliphatic heterocycles. The van der Waals surface area contributed by atoms with Gasteiger partial charge in [-0.1, -0.05) is 76.9 Å². The van der Waals surface area contributed by atoms with E-state index in [-0.39, 0.29) is 5.91 Å². The summed E-state index contributed by atoms with van der Waals surface area (Å²) in [5, 5.41) is 3.05. The van der Waals surface area contributed by atoms with Gasteiger partial charge in [0.2, 0.25) is 5.91 Å². The zero-order valence-electron chi connectivity index (χ0n) is 15.5. The molecule has 0 atom stereocenters. The summed E-state index contributed by atoms with van der Waals surface area (Å²) in [4.78, 5) is 10.5. The molecule has 0 aromatic rings. The number of hydrogen-bond donors (Lipinski definition) is 2. The monoisotopic (exact) mass is 324 g/mol. The van der Waals surface area contributed by atoms with Gasteiger partial charge in [-0.05, 0) is 38.6 Å². The predicted octanol–water partition coefficient (Wildman–Crippen LogP) is 5.10. The Morgan fingerprint density at radius 2 is 1.26 bits per heavy atom. The van der Waals surface area contributed by atoms with Crippen molar-refractivity contribution < 1.29 is 4.79 Å². The van der Waals surface area contributed by atoms with Gasteiger partial charge in [0.05, 0.1) is 6.54 Å². The van der Waals surface area contributed by atoms with Gasteiger partial charge in [0.25, 0.3) is 0 Å². The minimum atomic E-state index is -0.269. The average Bonchev–Trinajstić information content (AvgIpc) is 2.53. The number of nitrogens with one attached hydrogen (secondary N) is 1. The number of carbonyl (C=O) groups excluding carboxylic acids is 1. The molecule has 0 saturated heterocycles. The van der Waals surface area contributed by atoms with E-state index in [1.165, 1.54) is 83.5 Å². The van der Waals surface area contributed by atoms with Gasteiger partial charge in [0.1, 0.15) is 0 Å². The molecule has 0 aromatic carbocycles. The normalized spacial score (nSPS) is 11.3. The fourth-order valence-corrected chi connectivity index (χ4v) is 2.71. The van der Waals surface area contributed by atoms with Gasteiger partial charge in [0.15, 0.2) is 0 Å². The lowest BCUT2D eigenvalue weighted by atomic mass is 10.1. The van der Waals surface area contributed by atoms with Crippen LogP contribution in [-0.4, -0.2) is 19.0 Å². The number of carbonyl (C=O) groups is 1. The number of nitrogens with two attached hydrogens (primary N) is 1. The molecule has 3 heteroatoms. The Labute approximate surface area is 144 Å². The first-order valence-electron chi connectivity index (χ1n) is 9.91. The van der Waals surface area contributed by atoms with Crippen LogP contribution in [0.5, 0.6) is 0 Å². The van der Waals surface area contributed by atoms with Crippen LogP contribution >= 0.6 is 0 Å². The largest absolute Gasteiger partial charge is 0.369 e. The molecule has 0 heterocycles. The van der Waals surface area contributed by atoms with Gasteiger partial charge < -0.3 is 11.1 Å². The summed E-state index contributed by atoms with van der Waals surface area (Å²) in [5.74, 6) is -0.269. The van der Waals surface area contributed by atoms with Gasteiger partial charge in [0, 0.05) is 0 Å². The summed E-state index contributed by atoms with van der Waals surface area (Å²) in [6, 6.07) is 0. The lowest BCUT2D eigenvalue weighted by Gasteiger charge is -2.02. The highest BCUT2D eigenvalue weighted by atomic mass is 16.1. The topological polar surface area (TPSA) is 55.1 Å². The molecule has 0 unspecified atom stereocenters. The van der Waals surface area contributed by atoms with Crippen LogP contribution in [0.1, 0.15) is 96.8 Å². The third-order valence-corrected chi connectivity index (χ3v) is 4.16. The van der Waals surface area contributed by atoms with Crippen molar-refractivity contribution in [2.75, 3.05) is 13.1 Å². The maximum atomic E-state index is 10.5. The Morgan fingerprint density at radius 3 is 1.78 bits per heavy atom. The fraction of sp³-hybridized carbons (Fsp3) is 0.850. The zero-order valence-corrected chi connectivity index (χ0v) is 15.5. The van der Waals surface area contributed by atoms with Crippen molar-refractivity contribution in [2.45, 2.75) is 96.8 Å². The van der Waals surface area contributed by atoms with Crippen molar-refractivity contribution in [1.82, 2.24) is 5.32 Å². The minimum absolute atomic E-state index is 0.269. The maximum Gasteiger partial charge on any atom is 0.231 e. The smallest absolute Gasteiger partial charge is 0.231 e. The number of rotatable bonds is 18. The second-order valence-corrected chi connectivity index (χ2v) is 6.58. The molecular formula is C20H40N2O. The van der Waals surface area contributed by atoms with Crippen molar-refractivity contribution in [3.8, 4) is 0 Å². The van der Waals surface area contributed by atoms with Crippen molar-refractivity contribution >= 4 is 5.91 Å². The van der Waals surface area contributed by atoms with Gasteiger partial charge in [-0.15, -0.1) is 0 Å². The SMILES string of the molecule is CCCCCCCC/C=C\CCCCCCCCNCC(N)=O. The molecule has 0 rings (SSSR count). The van der Waals surface area contributed by atoms with E-state index in [0.29, 0.717) is 6.54 Å². The van der Waals surface area contributed by atoms with Gasteiger partial charge in [-0.2, -0.15) is 0 Å². The summed E-state index contributed by atoms with van der Waals surface area (Å²) in [5.41, 5.74) is 5.06. The van der Waals surface area contributed by atoms with Crippen LogP contribution in [0.15, 0.2) is 12.2 Å². The zero-order chi connectivity index (χ0) is 17.0. The highest BCUT2D eigenvalue weighted by Gasteiger charge is 1.94. The van der Waals surface area contributed by atoms with E-state index in [2.05, 4.69) is 24.4 Å². The molecule has 0 aliphatic carbocycles. The highest BCUT2D eigenvalue weighted by Crippen LogP contribution is 2.09. The van der Waals surface area contributed by atoms with E-state index in [1.54, 1.807) is 0 Å². The summed E-state index contributed by atoms with van der Waals surface area (Å²) in [6.45, 7) is 3.49. The minimum Gasteiger partial charge on any atom is -0.369 e. The van der Waals surface area contributed by atoms with Crippen LogP contribution in [-0.2, 0) is 4.79 Å². The summed E-state index contributed by atoms with van der Waals surface area (Å²) < 4.78 is 0. The van der Waals surface area contributed by atoms with E-state index in [9.17, 15) is 4.79 Å². The molecule has 1 amide bonds. The fourth-order valence-electron chi connectivity index (χ4n) is 2.71. The summed E-state index contributed by atoms with van der Waals surface area (Å²) in [6.07, 6.45) is 23.3. The quantitative estimate of drug-likeness (QED) is 0.272. The third-order valence-electron chi connectivity index (χ3n) is 4.16. The van der Waals surface area contributed by atoms with E-state index >= 15 is 0 Å². The molecule has 0 saturated carbocycles. The molecule has 0 aromatic heterocycles. The van der Waals surface area contributed by atoms with E-state index in [1.807, 2.05) is 0 Å². The average molecular weight is 325 g/mol. The first-order valence-corrected chi connectivity index (χ1v) is 9.91. The number of hydrogen-bond acceptors (Lipinski definition) is 2. The predicted molar refractivity (Wildman–Crippen MR) is 102 cm³/mol. The summed E-state index contributed by atoms with van der Waals surface area (Å²) in [7, 11) is 0. The lowest BCUT2D eigenvalue weighted by molar-refractivity contribution is -0.117. The number of allylic oxidation sites excluding steroid dienone is 2. The first-order chi connectivity index (χ1) is 11.3. The second-order valence-electron chi connectivity index (χ2n) is 6.58. The Balaban J connectivity index is 3.06. The Bertz CT molecular complexity index is 277. The van der Waals surface area contributed by atoms with Crippen LogP contribution in [0.25, 0.3) is 0 Å². The van der Waals surface area contributed by atoms with Crippen molar-refractivity contribution in [3.63, 3.8) is 0 Å². The number of unbranched alkanes of at least 4 members (excludes halogenated alkanes) is 12. The van der Waals surface area contributed by atoms with Crippen LogP contribution in [0.4, 0.5) is 0 Å². The molecule has 136 valence electrons. The van der Waals surface area contributed by atoms with Crippen LogP contribution < -0.4 is 11.1 Å². The Hall–Kier alpha value is -0.830. The lowest BCUT2D eigenvalue weighted by Crippen LogP contribution is -2.29. The molecule has 0 aliphatic rings. The second kappa shape index (κ2) is 19.2. The number of amides is 1. The standard InChI is InChI=1S/C20H40N2O/c1-2-3-4-5-6-7-8-9-10-11-12-13-14-15-16-17-18-22-19-20(21)23/h9-10,22H,2-8,11-19H2,1H3,(H2,21,23)/b10-9-. The van der Waals surface area contributed by atoms with Gasteiger partial charge in [-0.25, -0.2) is 0 Å². The highest BCUT2D eigenvalue weighted by molar-refractivity contribution is 5.75. The molecule has 0 bridgehead atoms. The van der Waals surface area contributed by atoms with E-state index < -0.39 is 0 Å².